The van der Waals surface area contributed by atoms with Gasteiger partial charge in [0.1, 0.15) is 5.75 Å². The Hall–Kier alpha value is -4.01. The maximum Gasteiger partial charge on any atom is 0.266 e. The first kappa shape index (κ1) is 19.9. The lowest BCUT2D eigenvalue weighted by molar-refractivity contribution is 0.0923. The summed E-state index contributed by atoms with van der Waals surface area (Å²) in [4.78, 5) is 43.7. The average molecular weight is 432 g/mol. The molecule has 5 rings (SSSR count). The molecule has 3 amide bonds. The molecule has 1 N–H and O–H groups in total. The van der Waals surface area contributed by atoms with Crippen molar-refractivity contribution < 1.29 is 23.6 Å². The quantitative estimate of drug-likeness (QED) is 0.571. The van der Waals surface area contributed by atoms with E-state index in [2.05, 4.69) is 15.5 Å². The van der Waals surface area contributed by atoms with Gasteiger partial charge in [0.25, 0.3) is 17.7 Å². The van der Waals surface area contributed by atoms with Gasteiger partial charge in [0.05, 0.1) is 30.0 Å². The van der Waals surface area contributed by atoms with Crippen LogP contribution < -0.4 is 15.0 Å². The summed E-state index contributed by atoms with van der Waals surface area (Å²) in [7, 11) is 0. The Morgan fingerprint density at radius 2 is 1.88 bits per heavy atom. The van der Waals surface area contributed by atoms with Crippen molar-refractivity contribution in [2.75, 3.05) is 11.5 Å². The number of carbonyl (C=O) groups excluding carboxylic acids is 3. The van der Waals surface area contributed by atoms with Gasteiger partial charge in [-0.15, -0.1) is 0 Å². The van der Waals surface area contributed by atoms with Crippen molar-refractivity contribution in [3.05, 3.63) is 70.9 Å². The van der Waals surface area contributed by atoms with Gasteiger partial charge in [-0.2, -0.15) is 4.98 Å². The molecule has 32 heavy (non-hydrogen) atoms. The molecular weight excluding hydrogens is 412 g/mol. The van der Waals surface area contributed by atoms with E-state index in [1.807, 2.05) is 6.92 Å². The number of rotatable bonds is 7. The van der Waals surface area contributed by atoms with Gasteiger partial charge in [-0.1, -0.05) is 5.16 Å². The minimum absolute atomic E-state index is 0.0841. The number of nitrogens with one attached hydrogen (secondary N) is 1. The largest absolute Gasteiger partial charge is 0.494 e. The SMILES string of the molecule is CCOc1ccc(N2C(=O)c3ccc(C(=O)NCc4nc(C5CC5)no4)cc3C2=O)cc1. The van der Waals surface area contributed by atoms with Gasteiger partial charge in [0.15, 0.2) is 5.82 Å². The van der Waals surface area contributed by atoms with E-state index in [0.29, 0.717) is 35.7 Å². The van der Waals surface area contributed by atoms with Crippen LogP contribution in [0.2, 0.25) is 0 Å². The molecule has 0 unspecified atom stereocenters. The molecule has 0 spiro atoms. The predicted octanol–water partition coefficient (Wildman–Crippen LogP) is 3.08. The topological polar surface area (TPSA) is 115 Å². The van der Waals surface area contributed by atoms with Crippen LogP contribution in [0.4, 0.5) is 5.69 Å². The first-order valence-corrected chi connectivity index (χ1v) is 10.4. The molecule has 1 aliphatic carbocycles. The molecule has 0 radical (unpaired) electrons. The van der Waals surface area contributed by atoms with Crippen molar-refractivity contribution in [3.63, 3.8) is 0 Å². The fourth-order valence-corrected chi connectivity index (χ4v) is 3.58. The van der Waals surface area contributed by atoms with Gasteiger partial charge in [0, 0.05) is 11.5 Å². The maximum absolute atomic E-state index is 13.0. The van der Waals surface area contributed by atoms with Crippen LogP contribution in [0, 0.1) is 0 Å². The monoisotopic (exact) mass is 432 g/mol. The Labute approximate surface area is 183 Å². The molecule has 0 bridgehead atoms. The summed E-state index contributed by atoms with van der Waals surface area (Å²) in [6.07, 6.45) is 2.11. The average Bonchev–Trinajstić information content (AvgIpc) is 3.50. The summed E-state index contributed by atoms with van der Waals surface area (Å²) in [5.74, 6) is 0.701. The van der Waals surface area contributed by atoms with E-state index >= 15 is 0 Å². The Bertz CT molecular complexity index is 1210. The van der Waals surface area contributed by atoms with Crippen molar-refractivity contribution >= 4 is 23.4 Å². The number of carbonyl (C=O) groups is 3. The molecule has 3 aromatic rings. The zero-order valence-electron chi connectivity index (χ0n) is 17.3. The van der Waals surface area contributed by atoms with Gasteiger partial charge >= 0.3 is 0 Å². The zero-order chi connectivity index (χ0) is 22.2. The van der Waals surface area contributed by atoms with Crippen LogP contribution in [0.1, 0.15) is 68.5 Å². The molecule has 0 atom stereocenters. The fourth-order valence-electron chi connectivity index (χ4n) is 3.58. The summed E-state index contributed by atoms with van der Waals surface area (Å²) >= 11 is 0. The maximum atomic E-state index is 13.0. The van der Waals surface area contributed by atoms with Gasteiger partial charge < -0.3 is 14.6 Å². The Morgan fingerprint density at radius 3 is 2.59 bits per heavy atom. The second-order valence-corrected chi connectivity index (χ2v) is 7.64. The van der Waals surface area contributed by atoms with Crippen LogP contribution in [-0.2, 0) is 6.54 Å². The molecule has 9 heteroatoms. The molecule has 0 saturated heterocycles. The minimum atomic E-state index is -0.477. The third kappa shape index (κ3) is 3.62. The summed E-state index contributed by atoms with van der Waals surface area (Å²) in [6.45, 7) is 2.48. The van der Waals surface area contributed by atoms with Gasteiger partial charge in [-0.05, 0) is 62.2 Å². The zero-order valence-corrected chi connectivity index (χ0v) is 17.3. The highest BCUT2D eigenvalue weighted by atomic mass is 16.5. The molecule has 1 saturated carbocycles. The highest BCUT2D eigenvalue weighted by molar-refractivity contribution is 6.34. The normalized spacial score (nSPS) is 15.1. The standard InChI is InChI=1S/C23H20N4O5/c1-2-31-16-8-6-15(7-9-16)27-22(29)17-10-5-14(11-18(17)23(27)30)21(28)24-12-19-25-20(26-32-19)13-3-4-13/h5-11,13H,2-4,12H2,1H3,(H,24,28). The van der Waals surface area contributed by atoms with E-state index in [-0.39, 0.29) is 23.2 Å². The Morgan fingerprint density at radius 1 is 1.12 bits per heavy atom. The van der Waals surface area contributed by atoms with E-state index in [1.165, 1.54) is 18.2 Å². The number of hydrogen-bond donors (Lipinski definition) is 1. The number of anilines is 1. The number of ether oxygens (including phenoxy) is 1. The number of benzene rings is 2. The van der Waals surface area contributed by atoms with Gasteiger partial charge in [-0.25, -0.2) is 4.90 Å². The van der Waals surface area contributed by atoms with Gasteiger partial charge in [0.2, 0.25) is 5.89 Å². The van der Waals surface area contributed by atoms with Crippen LogP contribution in [0.15, 0.2) is 47.0 Å². The van der Waals surface area contributed by atoms with E-state index in [4.69, 9.17) is 9.26 Å². The number of hydrogen-bond acceptors (Lipinski definition) is 7. The molecular formula is C23H20N4O5. The van der Waals surface area contributed by atoms with Crippen molar-refractivity contribution in [2.45, 2.75) is 32.2 Å². The van der Waals surface area contributed by atoms with Crippen LogP contribution >= 0.6 is 0 Å². The highest BCUT2D eigenvalue weighted by Crippen LogP contribution is 2.38. The smallest absolute Gasteiger partial charge is 0.266 e. The number of fused-ring (bicyclic) bond motifs is 1. The molecule has 1 aliphatic heterocycles. The first-order valence-electron chi connectivity index (χ1n) is 10.4. The van der Waals surface area contributed by atoms with Crippen molar-refractivity contribution in [2.24, 2.45) is 0 Å². The molecule has 162 valence electrons. The number of nitrogens with zero attached hydrogens (tertiary/aromatic N) is 3. The summed E-state index contributed by atoms with van der Waals surface area (Å²) < 4.78 is 10.6. The lowest BCUT2D eigenvalue weighted by Gasteiger charge is -2.14. The second kappa shape index (κ2) is 7.92. The van der Waals surface area contributed by atoms with Crippen LogP contribution in [0.5, 0.6) is 5.75 Å². The van der Waals surface area contributed by atoms with E-state index < -0.39 is 17.7 Å². The molecule has 2 heterocycles. The lowest BCUT2D eigenvalue weighted by Crippen LogP contribution is -2.29. The third-order valence-electron chi connectivity index (χ3n) is 5.38. The number of amides is 3. The van der Waals surface area contributed by atoms with Crippen molar-refractivity contribution in [1.29, 1.82) is 0 Å². The molecule has 9 nitrogen and oxygen atoms in total. The second-order valence-electron chi connectivity index (χ2n) is 7.64. The molecule has 1 fully saturated rings. The molecule has 2 aliphatic rings. The van der Waals surface area contributed by atoms with E-state index in [0.717, 1.165) is 17.7 Å². The Balaban J connectivity index is 1.30. The minimum Gasteiger partial charge on any atom is -0.494 e. The van der Waals surface area contributed by atoms with Crippen LogP contribution in [0.3, 0.4) is 0 Å². The van der Waals surface area contributed by atoms with Gasteiger partial charge in [-0.3, -0.25) is 14.4 Å². The first-order chi connectivity index (χ1) is 15.5. The van der Waals surface area contributed by atoms with Crippen molar-refractivity contribution in [3.8, 4) is 5.75 Å². The molecule has 1 aromatic heterocycles. The summed E-state index contributed by atoms with van der Waals surface area (Å²) in [5.41, 5.74) is 1.14. The fraction of sp³-hybridized carbons (Fsp3) is 0.261. The predicted molar refractivity (Wildman–Crippen MR) is 113 cm³/mol. The summed E-state index contributed by atoms with van der Waals surface area (Å²) in [5, 5.41) is 6.62. The lowest BCUT2D eigenvalue weighted by atomic mass is 10.1. The number of aromatic nitrogens is 2. The summed E-state index contributed by atoms with van der Waals surface area (Å²) in [6, 6.07) is 11.2. The Kier molecular flexibility index (Phi) is 4.93. The number of imide groups is 1. The van der Waals surface area contributed by atoms with Crippen molar-refractivity contribution in [1.82, 2.24) is 15.5 Å². The third-order valence-corrected chi connectivity index (χ3v) is 5.38. The van der Waals surface area contributed by atoms with E-state index in [9.17, 15) is 14.4 Å². The highest BCUT2D eigenvalue weighted by Gasteiger charge is 2.37. The van der Waals surface area contributed by atoms with E-state index in [1.54, 1.807) is 24.3 Å². The van der Waals surface area contributed by atoms with Crippen LogP contribution in [-0.4, -0.2) is 34.5 Å². The molecule has 2 aromatic carbocycles. The van der Waals surface area contributed by atoms with Crippen LogP contribution in [0.25, 0.3) is 0 Å².